The summed E-state index contributed by atoms with van der Waals surface area (Å²) in [6.07, 6.45) is 7.08. The molecule has 0 saturated carbocycles. The summed E-state index contributed by atoms with van der Waals surface area (Å²) < 4.78 is 4.72. The molecule has 0 saturated heterocycles. The second-order valence-electron chi connectivity index (χ2n) is 14.0. The lowest BCUT2D eigenvalue weighted by Gasteiger charge is -2.36. The summed E-state index contributed by atoms with van der Waals surface area (Å²) in [4.78, 5) is 2.44. The summed E-state index contributed by atoms with van der Waals surface area (Å²) in [6.45, 7) is 0. The van der Waals surface area contributed by atoms with Gasteiger partial charge >= 0.3 is 0 Å². The molecular formula is C50H32N4. The second kappa shape index (κ2) is 11.8. The highest BCUT2D eigenvalue weighted by atomic mass is 15.2. The van der Waals surface area contributed by atoms with Crippen LogP contribution in [0.15, 0.2) is 182 Å². The van der Waals surface area contributed by atoms with Crippen molar-refractivity contribution in [1.82, 2.24) is 9.13 Å². The number of rotatable bonds is 4. The Morgan fingerprint density at radius 2 is 1.09 bits per heavy atom. The average Bonchev–Trinajstić information content (AvgIpc) is 3.69. The van der Waals surface area contributed by atoms with Crippen molar-refractivity contribution in [2.45, 2.75) is 6.04 Å². The molecule has 4 nitrogen and oxygen atoms in total. The Labute approximate surface area is 313 Å². The molecule has 0 fully saturated rings. The first-order valence-electron chi connectivity index (χ1n) is 18.4. The van der Waals surface area contributed by atoms with Crippen molar-refractivity contribution < 1.29 is 0 Å². The molecule has 0 amide bonds. The molecule has 1 atom stereocenters. The van der Waals surface area contributed by atoms with Crippen molar-refractivity contribution >= 4 is 55.7 Å². The summed E-state index contributed by atoms with van der Waals surface area (Å²) in [7, 11) is 0. The molecule has 1 aliphatic heterocycles. The average molecular weight is 689 g/mol. The molecule has 2 bridgehead atoms. The van der Waals surface area contributed by atoms with Crippen LogP contribution in [0.4, 0.5) is 11.4 Å². The first-order valence-corrected chi connectivity index (χ1v) is 18.4. The molecule has 0 spiro atoms. The molecule has 2 aromatic heterocycles. The van der Waals surface area contributed by atoms with E-state index in [-0.39, 0.29) is 6.04 Å². The fraction of sp³-hybridized carbons (Fsp3) is 0.0200. The maximum atomic E-state index is 10.4. The monoisotopic (exact) mass is 688 g/mol. The maximum Gasteiger partial charge on any atom is 0.0992 e. The standard InChI is InChI=1S/C50H32N4/c51-32-33-28-34(30-37(29-33)53-46-23-11-5-17-39(46)40-18-6-12-24-47(40)53)38-16-4-9-21-44(38)54-48-25-13-8-20-42(48)50-43-31-36(26-27-49(50)54)52(35-14-2-1-3-15-35)45-22-10-7-19-41(43)45/h1-31,36H. The first kappa shape index (κ1) is 30.3. The normalized spacial score (nSPS) is 14.5. The van der Waals surface area contributed by atoms with Gasteiger partial charge < -0.3 is 14.0 Å². The minimum atomic E-state index is 0.0354. The zero-order valence-corrected chi connectivity index (χ0v) is 29.3. The lowest BCUT2D eigenvalue weighted by molar-refractivity contribution is 0.935. The van der Waals surface area contributed by atoms with Crippen LogP contribution in [0.3, 0.4) is 0 Å². The van der Waals surface area contributed by atoms with E-state index in [1.54, 1.807) is 0 Å². The molecule has 4 heteroatoms. The van der Waals surface area contributed by atoms with Gasteiger partial charge in [0.25, 0.3) is 0 Å². The SMILES string of the molecule is N#Cc1cc(-c2ccccc2-n2c3c(c4ccccc42)C2=CC(C=C3)N(c3ccccc3)c3ccccc32)cc(-n2c3ccccc3c3ccccc32)c1. The van der Waals surface area contributed by atoms with Crippen LogP contribution in [0.25, 0.3) is 66.9 Å². The Balaban J connectivity index is 1.15. The third kappa shape index (κ3) is 4.43. The van der Waals surface area contributed by atoms with Gasteiger partial charge in [-0.3, -0.25) is 0 Å². The molecular weight excluding hydrogens is 657 g/mol. The highest BCUT2D eigenvalue weighted by Crippen LogP contribution is 2.48. The Bertz CT molecular complexity index is 3020. The second-order valence-corrected chi connectivity index (χ2v) is 14.0. The third-order valence-electron chi connectivity index (χ3n) is 11.1. The number of nitriles is 1. The lowest BCUT2D eigenvalue weighted by Crippen LogP contribution is -2.31. The number of benzene rings is 7. The van der Waals surface area contributed by atoms with E-state index in [0.29, 0.717) is 5.56 Å². The summed E-state index contributed by atoms with van der Waals surface area (Å²) in [5.41, 5.74) is 15.3. The molecule has 54 heavy (non-hydrogen) atoms. The highest BCUT2D eigenvalue weighted by Gasteiger charge is 2.32. The van der Waals surface area contributed by atoms with Gasteiger partial charge in [0.2, 0.25) is 0 Å². The topological polar surface area (TPSA) is 36.9 Å². The van der Waals surface area contributed by atoms with Gasteiger partial charge in [0.1, 0.15) is 0 Å². The quantitative estimate of drug-likeness (QED) is 0.185. The molecule has 7 aromatic carbocycles. The maximum absolute atomic E-state index is 10.4. The number of nitrogens with zero attached hydrogens (tertiary/aromatic N) is 4. The number of para-hydroxylation sites is 6. The van der Waals surface area contributed by atoms with E-state index in [9.17, 15) is 5.26 Å². The molecule has 252 valence electrons. The van der Waals surface area contributed by atoms with Gasteiger partial charge in [-0.15, -0.1) is 0 Å². The Morgan fingerprint density at radius 1 is 0.500 bits per heavy atom. The number of fused-ring (bicyclic) bond motifs is 10. The zero-order valence-electron chi connectivity index (χ0n) is 29.3. The van der Waals surface area contributed by atoms with Crippen LogP contribution in [0.1, 0.15) is 22.4 Å². The van der Waals surface area contributed by atoms with Crippen molar-refractivity contribution in [1.29, 1.82) is 5.26 Å². The van der Waals surface area contributed by atoms with Gasteiger partial charge in [-0.25, -0.2) is 0 Å². The fourth-order valence-electron chi connectivity index (χ4n) is 8.89. The summed E-state index contributed by atoms with van der Waals surface area (Å²) in [6, 6.07) is 62.7. The first-order chi connectivity index (χ1) is 26.8. The highest BCUT2D eigenvalue weighted by molar-refractivity contribution is 6.10. The fourth-order valence-corrected chi connectivity index (χ4v) is 8.89. The molecule has 1 aliphatic carbocycles. The van der Waals surface area contributed by atoms with Crippen molar-refractivity contribution in [3.8, 4) is 28.6 Å². The van der Waals surface area contributed by atoms with E-state index >= 15 is 0 Å². The summed E-state index contributed by atoms with van der Waals surface area (Å²) in [5.74, 6) is 0. The predicted molar refractivity (Wildman–Crippen MR) is 223 cm³/mol. The van der Waals surface area contributed by atoms with Crippen molar-refractivity contribution in [3.05, 3.63) is 204 Å². The molecule has 3 heterocycles. The van der Waals surface area contributed by atoms with E-state index < -0.39 is 0 Å². The van der Waals surface area contributed by atoms with Gasteiger partial charge in [-0.05, 0) is 84.0 Å². The predicted octanol–water partition coefficient (Wildman–Crippen LogP) is 12.2. The minimum Gasteiger partial charge on any atom is -0.330 e. The Kier molecular flexibility index (Phi) is 6.65. The van der Waals surface area contributed by atoms with Crippen LogP contribution in [0.2, 0.25) is 0 Å². The molecule has 0 N–H and O–H groups in total. The van der Waals surface area contributed by atoms with E-state index in [4.69, 9.17) is 0 Å². The minimum absolute atomic E-state index is 0.0354. The largest absolute Gasteiger partial charge is 0.330 e. The number of anilines is 2. The third-order valence-corrected chi connectivity index (χ3v) is 11.1. The van der Waals surface area contributed by atoms with Crippen molar-refractivity contribution in [2.75, 3.05) is 4.90 Å². The summed E-state index contributed by atoms with van der Waals surface area (Å²) in [5, 5.41) is 14.0. The molecule has 0 radical (unpaired) electrons. The van der Waals surface area contributed by atoms with Gasteiger partial charge in [0.05, 0.1) is 45.6 Å². The number of hydrogen-bond acceptors (Lipinski definition) is 2. The van der Waals surface area contributed by atoms with Crippen LogP contribution < -0.4 is 4.90 Å². The lowest BCUT2D eigenvalue weighted by atomic mass is 9.89. The number of hydrogen-bond donors (Lipinski definition) is 0. The number of aromatic nitrogens is 2. The molecule has 11 rings (SSSR count). The van der Waals surface area contributed by atoms with E-state index in [1.807, 2.05) is 12.1 Å². The summed E-state index contributed by atoms with van der Waals surface area (Å²) >= 11 is 0. The van der Waals surface area contributed by atoms with Crippen LogP contribution in [-0.4, -0.2) is 15.2 Å². The van der Waals surface area contributed by atoms with E-state index in [1.165, 1.54) is 38.5 Å². The van der Waals surface area contributed by atoms with Gasteiger partial charge in [0, 0.05) is 49.9 Å². The van der Waals surface area contributed by atoms with Crippen LogP contribution in [0, 0.1) is 11.3 Å². The van der Waals surface area contributed by atoms with Crippen LogP contribution >= 0.6 is 0 Å². The smallest absolute Gasteiger partial charge is 0.0992 e. The zero-order chi connectivity index (χ0) is 35.8. The van der Waals surface area contributed by atoms with Crippen LogP contribution in [0.5, 0.6) is 0 Å². The Hall–Kier alpha value is -7.35. The van der Waals surface area contributed by atoms with E-state index in [0.717, 1.165) is 50.4 Å². The van der Waals surface area contributed by atoms with Crippen LogP contribution in [-0.2, 0) is 0 Å². The Morgan fingerprint density at radius 3 is 1.81 bits per heavy atom. The molecule has 1 unspecified atom stereocenters. The van der Waals surface area contributed by atoms with Gasteiger partial charge in [-0.2, -0.15) is 5.26 Å². The van der Waals surface area contributed by atoms with Crippen molar-refractivity contribution in [3.63, 3.8) is 0 Å². The van der Waals surface area contributed by atoms with Gasteiger partial charge in [0.15, 0.2) is 0 Å². The van der Waals surface area contributed by atoms with E-state index in [2.05, 4.69) is 196 Å². The molecule has 2 aliphatic rings. The van der Waals surface area contributed by atoms with Gasteiger partial charge in [-0.1, -0.05) is 115 Å². The molecule has 9 aromatic rings. The van der Waals surface area contributed by atoms with Crippen molar-refractivity contribution in [2.24, 2.45) is 0 Å².